The van der Waals surface area contributed by atoms with E-state index < -0.39 is 0 Å². The highest BCUT2D eigenvalue weighted by molar-refractivity contribution is 5.42. The van der Waals surface area contributed by atoms with Crippen molar-refractivity contribution >= 4 is 0 Å². The second-order valence-electron chi connectivity index (χ2n) is 4.39. The summed E-state index contributed by atoms with van der Waals surface area (Å²) in [5, 5.41) is 0. The van der Waals surface area contributed by atoms with Gasteiger partial charge in [-0.3, -0.25) is 0 Å². The summed E-state index contributed by atoms with van der Waals surface area (Å²) in [4.78, 5) is 0. The van der Waals surface area contributed by atoms with Crippen LogP contribution in [0.2, 0.25) is 0 Å². The minimum atomic E-state index is 0.742. The number of ether oxygens (including phenoxy) is 2. The quantitative estimate of drug-likeness (QED) is 0.686. The van der Waals surface area contributed by atoms with Crippen LogP contribution < -0.4 is 15.2 Å². The van der Waals surface area contributed by atoms with Gasteiger partial charge < -0.3 is 15.2 Å². The minimum absolute atomic E-state index is 0.742. The fraction of sp³-hybridized carbons (Fsp3) is 0.600. The maximum absolute atomic E-state index is 5.75. The third kappa shape index (κ3) is 4.96. The van der Waals surface area contributed by atoms with E-state index in [1.165, 1.54) is 18.4 Å². The van der Waals surface area contributed by atoms with E-state index in [0.29, 0.717) is 0 Å². The van der Waals surface area contributed by atoms with E-state index in [1.807, 2.05) is 12.1 Å². The summed E-state index contributed by atoms with van der Waals surface area (Å²) >= 11 is 0. The number of benzene rings is 1. The van der Waals surface area contributed by atoms with Crippen LogP contribution in [0.15, 0.2) is 18.2 Å². The average molecular weight is 251 g/mol. The molecule has 0 aliphatic heterocycles. The molecule has 1 rings (SSSR count). The molecule has 0 atom stereocenters. The fourth-order valence-electron chi connectivity index (χ4n) is 1.83. The van der Waals surface area contributed by atoms with Crippen molar-refractivity contribution in [2.24, 2.45) is 5.73 Å². The first-order chi connectivity index (χ1) is 8.81. The van der Waals surface area contributed by atoms with E-state index in [9.17, 15) is 0 Å². The summed E-state index contributed by atoms with van der Waals surface area (Å²) in [5.41, 5.74) is 6.72. The zero-order valence-corrected chi connectivity index (χ0v) is 11.6. The molecule has 2 N–H and O–H groups in total. The van der Waals surface area contributed by atoms with Crippen molar-refractivity contribution < 1.29 is 9.47 Å². The molecular formula is C15H25NO2. The van der Waals surface area contributed by atoms with Crippen LogP contribution in [0.4, 0.5) is 0 Å². The van der Waals surface area contributed by atoms with Crippen LogP contribution in [0.25, 0.3) is 0 Å². The van der Waals surface area contributed by atoms with Gasteiger partial charge in [0.1, 0.15) is 0 Å². The fourth-order valence-corrected chi connectivity index (χ4v) is 1.83. The largest absolute Gasteiger partial charge is 0.493 e. The van der Waals surface area contributed by atoms with Gasteiger partial charge in [-0.2, -0.15) is 0 Å². The number of unbranched alkanes of at least 4 members (excludes halogenated alkanes) is 3. The van der Waals surface area contributed by atoms with Crippen molar-refractivity contribution in [2.75, 3.05) is 20.3 Å². The third-order valence-electron chi connectivity index (χ3n) is 2.99. The highest BCUT2D eigenvalue weighted by atomic mass is 16.5. The van der Waals surface area contributed by atoms with Gasteiger partial charge in [0.05, 0.1) is 13.7 Å². The van der Waals surface area contributed by atoms with Crippen molar-refractivity contribution in [1.29, 1.82) is 0 Å². The molecule has 1 aromatic rings. The van der Waals surface area contributed by atoms with Crippen LogP contribution >= 0.6 is 0 Å². The average Bonchev–Trinajstić information content (AvgIpc) is 2.42. The summed E-state index contributed by atoms with van der Waals surface area (Å²) in [5.74, 6) is 1.67. The van der Waals surface area contributed by atoms with Crippen molar-refractivity contribution in [3.05, 3.63) is 23.8 Å². The second kappa shape index (κ2) is 8.81. The van der Waals surface area contributed by atoms with Gasteiger partial charge in [-0.25, -0.2) is 0 Å². The van der Waals surface area contributed by atoms with Gasteiger partial charge in [0.25, 0.3) is 0 Å². The molecule has 0 fully saturated rings. The Balaban J connectivity index is 2.37. The lowest BCUT2D eigenvalue weighted by molar-refractivity contribution is 0.285. The van der Waals surface area contributed by atoms with E-state index in [2.05, 4.69) is 13.0 Å². The van der Waals surface area contributed by atoms with Crippen molar-refractivity contribution in [3.63, 3.8) is 0 Å². The Morgan fingerprint density at radius 1 is 1.06 bits per heavy atom. The number of rotatable bonds is 9. The van der Waals surface area contributed by atoms with Gasteiger partial charge in [-0.1, -0.05) is 25.8 Å². The van der Waals surface area contributed by atoms with E-state index in [0.717, 1.165) is 43.9 Å². The normalized spacial score (nSPS) is 10.4. The van der Waals surface area contributed by atoms with Crippen LogP contribution in [-0.4, -0.2) is 20.3 Å². The van der Waals surface area contributed by atoms with Crippen LogP contribution in [0.1, 0.15) is 38.2 Å². The van der Waals surface area contributed by atoms with Crippen LogP contribution in [0.5, 0.6) is 11.5 Å². The first-order valence-electron chi connectivity index (χ1n) is 6.81. The van der Waals surface area contributed by atoms with Crippen LogP contribution in [0.3, 0.4) is 0 Å². The number of nitrogens with two attached hydrogens (primary N) is 1. The minimum Gasteiger partial charge on any atom is -0.493 e. The Morgan fingerprint density at radius 3 is 2.50 bits per heavy atom. The van der Waals surface area contributed by atoms with Crippen molar-refractivity contribution in [3.8, 4) is 11.5 Å². The van der Waals surface area contributed by atoms with Gasteiger partial charge in [0.15, 0.2) is 11.5 Å². The van der Waals surface area contributed by atoms with Gasteiger partial charge in [-0.15, -0.1) is 0 Å². The highest BCUT2D eigenvalue weighted by Crippen LogP contribution is 2.28. The van der Waals surface area contributed by atoms with E-state index in [1.54, 1.807) is 7.11 Å². The molecule has 18 heavy (non-hydrogen) atoms. The Kier molecular flexibility index (Phi) is 7.26. The molecule has 3 nitrogen and oxygen atoms in total. The molecule has 0 saturated heterocycles. The number of methoxy groups -OCH3 is 1. The lowest BCUT2D eigenvalue weighted by Gasteiger charge is -2.11. The zero-order chi connectivity index (χ0) is 13.2. The Hall–Kier alpha value is -1.22. The predicted octanol–water partition coefficient (Wildman–Crippen LogP) is 3.16. The standard InChI is InChI=1S/C15H25NO2/c1-3-13-8-9-14(15(12-13)17-2)18-11-7-5-4-6-10-16/h8-9,12H,3-7,10-11,16H2,1-2H3. The molecular weight excluding hydrogens is 226 g/mol. The second-order valence-corrected chi connectivity index (χ2v) is 4.39. The van der Waals surface area contributed by atoms with E-state index in [-0.39, 0.29) is 0 Å². The lowest BCUT2D eigenvalue weighted by Crippen LogP contribution is -2.01. The van der Waals surface area contributed by atoms with Gasteiger partial charge in [0, 0.05) is 0 Å². The summed E-state index contributed by atoms with van der Waals surface area (Å²) in [6, 6.07) is 6.13. The molecule has 3 heteroatoms. The topological polar surface area (TPSA) is 44.5 Å². The van der Waals surface area contributed by atoms with Crippen LogP contribution in [0, 0.1) is 0 Å². The van der Waals surface area contributed by atoms with Gasteiger partial charge in [0.2, 0.25) is 0 Å². The first-order valence-corrected chi connectivity index (χ1v) is 6.81. The number of aryl methyl sites for hydroxylation is 1. The monoisotopic (exact) mass is 251 g/mol. The lowest BCUT2D eigenvalue weighted by atomic mass is 10.1. The molecule has 102 valence electrons. The molecule has 0 spiro atoms. The zero-order valence-electron chi connectivity index (χ0n) is 11.6. The summed E-state index contributed by atoms with van der Waals surface area (Å²) in [7, 11) is 1.68. The molecule has 0 bridgehead atoms. The molecule has 0 unspecified atom stereocenters. The molecule has 0 aliphatic rings. The maximum atomic E-state index is 5.75. The molecule has 0 amide bonds. The summed E-state index contributed by atoms with van der Waals surface area (Å²) < 4.78 is 11.1. The Labute approximate surface area is 110 Å². The molecule has 0 aromatic heterocycles. The first kappa shape index (κ1) is 14.8. The Bertz CT molecular complexity index is 339. The molecule has 1 aromatic carbocycles. The molecule has 0 radical (unpaired) electrons. The maximum Gasteiger partial charge on any atom is 0.161 e. The molecule has 0 heterocycles. The number of hydrogen-bond acceptors (Lipinski definition) is 3. The van der Waals surface area contributed by atoms with Crippen molar-refractivity contribution in [1.82, 2.24) is 0 Å². The highest BCUT2D eigenvalue weighted by Gasteiger charge is 2.04. The smallest absolute Gasteiger partial charge is 0.161 e. The number of hydrogen-bond donors (Lipinski definition) is 1. The SMILES string of the molecule is CCc1ccc(OCCCCCCN)c(OC)c1. The summed E-state index contributed by atoms with van der Waals surface area (Å²) in [6.07, 6.45) is 5.54. The predicted molar refractivity (Wildman–Crippen MR) is 75.4 cm³/mol. The van der Waals surface area contributed by atoms with Gasteiger partial charge >= 0.3 is 0 Å². The van der Waals surface area contributed by atoms with Gasteiger partial charge in [-0.05, 0) is 43.5 Å². The van der Waals surface area contributed by atoms with E-state index in [4.69, 9.17) is 15.2 Å². The Morgan fingerprint density at radius 2 is 1.83 bits per heavy atom. The third-order valence-corrected chi connectivity index (χ3v) is 2.99. The molecule has 0 saturated carbocycles. The van der Waals surface area contributed by atoms with Crippen molar-refractivity contribution in [2.45, 2.75) is 39.0 Å². The van der Waals surface area contributed by atoms with E-state index >= 15 is 0 Å². The summed E-state index contributed by atoms with van der Waals surface area (Å²) in [6.45, 7) is 3.66. The van der Waals surface area contributed by atoms with Crippen LogP contribution in [-0.2, 0) is 6.42 Å². The molecule has 0 aliphatic carbocycles.